The molecule has 0 saturated carbocycles. The van der Waals surface area contributed by atoms with Crippen LogP contribution in [0.3, 0.4) is 0 Å². The van der Waals surface area contributed by atoms with Gasteiger partial charge in [-0.2, -0.15) is 0 Å². The lowest BCUT2D eigenvalue weighted by Gasteiger charge is -2.14. The Hall–Kier alpha value is -3.63. The van der Waals surface area contributed by atoms with Crippen LogP contribution in [0.2, 0.25) is 0 Å². The van der Waals surface area contributed by atoms with Crippen molar-refractivity contribution in [3.05, 3.63) is 65.6 Å². The van der Waals surface area contributed by atoms with Crippen LogP contribution in [0.15, 0.2) is 43.0 Å². The first-order valence-electron chi connectivity index (χ1n) is 9.27. The zero-order valence-electron chi connectivity index (χ0n) is 15.7. The van der Waals surface area contributed by atoms with Crippen molar-refractivity contribution in [3.63, 3.8) is 0 Å². The fraction of sp³-hybridized carbons (Fsp3) is 0.200. The van der Waals surface area contributed by atoms with Crippen molar-refractivity contribution in [2.75, 3.05) is 11.9 Å². The normalized spacial score (nSPS) is 15.2. The lowest BCUT2D eigenvalue weighted by molar-refractivity contribution is 0.140. The first-order chi connectivity index (χ1) is 14.7. The molecular formula is C20H17FN6O3. The molecule has 0 fully saturated rings. The number of benzene rings is 1. The molecule has 1 unspecified atom stereocenters. The fourth-order valence-electron chi connectivity index (χ4n) is 3.66. The molecule has 30 heavy (non-hydrogen) atoms. The van der Waals surface area contributed by atoms with Gasteiger partial charge in [-0.05, 0) is 18.2 Å². The summed E-state index contributed by atoms with van der Waals surface area (Å²) in [5, 5.41) is 30.9. The number of aliphatic hydroxyl groups excluding tert-OH is 2. The summed E-state index contributed by atoms with van der Waals surface area (Å²) >= 11 is 0. The van der Waals surface area contributed by atoms with E-state index in [-0.39, 0.29) is 19.8 Å². The van der Waals surface area contributed by atoms with E-state index in [4.69, 9.17) is 4.74 Å². The van der Waals surface area contributed by atoms with Gasteiger partial charge in [-0.15, -0.1) is 10.2 Å². The van der Waals surface area contributed by atoms with Crippen LogP contribution in [0, 0.1) is 5.82 Å². The van der Waals surface area contributed by atoms with Crippen LogP contribution < -0.4 is 10.1 Å². The molecule has 3 N–H and O–H groups in total. The van der Waals surface area contributed by atoms with Crippen LogP contribution in [-0.2, 0) is 13.2 Å². The molecule has 10 heteroatoms. The molecule has 0 bridgehead atoms. The Morgan fingerprint density at radius 2 is 2.13 bits per heavy atom. The number of aromatic nitrogens is 5. The maximum Gasteiger partial charge on any atom is 0.210 e. The number of nitrogens with zero attached hydrogens (tertiary/aromatic N) is 5. The maximum atomic E-state index is 14.5. The average molecular weight is 408 g/mol. The van der Waals surface area contributed by atoms with Gasteiger partial charge in [0.2, 0.25) is 5.95 Å². The first-order valence-corrected chi connectivity index (χ1v) is 9.27. The van der Waals surface area contributed by atoms with Crippen LogP contribution >= 0.6 is 0 Å². The zero-order valence-corrected chi connectivity index (χ0v) is 15.7. The second kappa shape index (κ2) is 7.32. The molecule has 1 aliphatic rings. The second-order valence-electron chi connectivity index (χ2n) is 6.79. The molecule has 1 atom stereocenters. The number of ether oxygens (including phenoxy) is 1. The molecule has 1 aromatic carbocycles. The van der Waals surface area contributed by atoms with Gasteiger partial charge in [0.15, 0.2) is 5.65 Å². The minimum absolute atomic E-state index is 0.0871. The number of hydrogen-bond acceptors (Lipinski definition) is 8. The van der Waals surface area contributed by atoms with Crippen molar-refractivity contribution in [2.45, 2.75) is 19.3 Å². The molecule has 1 aliphatic heterocycles. The van der Waals surface area contributed by atoms with Crippen LogP contribution in [0.5, 0.6) is 5.75 Å². The van der Waals surface area contributed by atoms with Gasteiger partial charge in [-0.3, -0.25) is 9.38 Å². The van der Waals surface area contributed by atoms with Crippen molar-refractivity contribution in [2.24, 2.45) is 0 Å². The van der Waals surface area contributed by atoms with Crippen LogP contribution in [0.1, 0.15) is 22.9 Å². The van der Waals surface area contributed by atoms with E-state index in [0.717, 1.165) is 0 Å². The lowest BCUT2D eigenvalue weighted by Crippen LogP contribution is -2.11. The highest BCUT2D eigenvalue weighted by atomic mass is 19.1. The topological polar surface area (TPSA) is 118 Å². The third-order valence-electron chi connectivity index (χ3n) is 5.08. The SMILES string of the molecule is OCc1ncccc1-c1cnc(NCc2c(F)ccc3c2C(O)CO3)n2cnnc12. The Bertz CT molecular complexity index is 1240. The van der Waals surface area contributed by atoms with E-state index in [1.165, 1.54) is 18.5 Å². The summed E-state index contributed by atoms with van der Waals surface area (Å²) in [6.07, 6.45) is 3.82. The van der Waals surface area contributed by atoms with Gasteiger partial charge in [0.1, 0.15) is 30.6 Å². The number of nitrogens with one attached hydrogen (secondary N) is 1. The van der Waals surface area contributed by atoms with E-state index >= 15 is 0 Å². The molecule has 0 radical (unpaired) electrons. The van der Waals surface area contributed by atoms with Crippen molar-refractivity contribution < 1.29 is 19.3 Å². The van der Waals surface area contributed by atoms with E-state index in [0.29, 0.717) is 45.3 Å². The van der Waals surface area contributed by atoms with Gasteiger partial charge in [0.05, 0.1) is 12.3 Å². The Labute approximate surface area is 169 Å². The van der Waals surface area contributed by atoms with Crippen molar-refractivity contribution in [3.8, 4) is 16.9 Å². The number of aliphatic hydroxyl groups is 2. The minimum atomic E-state index is -0.875. The molecule has 9 nitrogen and oxygen atoms in total. The van der Waals surface area contributed by atoms with E-state index in [2.05, 4.69) is 25.5 Å². The predicted octanol–water partition coefficient (Wildman–Crippen LogP) is 1.86. The average Bonchev–Trinajstić information content (AvgIpc) is 3.40. The fourth-order valence-corrected chi connectivity index (χ4v) is 3.66. The second-order valence-corrected chi connectivity index (χ2v) is 6.79. The van der Waals surface area contributed by atoms with Gasteiger partial charge in [-0.25, -0.2) is 9.37 Å². The summed E-state index contributed by atoms with van der Waals surface area (Å²) in [7, 11) is 0. The van der Waals surface area contributed by atoms with Crippen LogP contribution in [0.25, 0.3) is 16.8 Å². The number of anilines is 1. The lowest BCUT2D eigenvalue weighted by atomic mass is 10.0. The highest BCUT2D eigenvalue weighted by Gasteiger charge is 2.27. The predicted molar refractivity (Wildman–Crippen MR) is 104 cm³/mol. The van der Waals surface area contributed by atoms with Crippen molar-refractivity contribution >= 4 is 11.6 Å². The standard InChI is InChI=1S/C20H17FN6O3/c21-14-3-4-17-18(16(29)9-30-17)13(14)7-24-20-23-6-12(19-26-25-10-27(19)20)11-2-1-5-22-15(11)8-28/h1-6,10,16,28-29H,7-9H2,(H,23,24). The van der Waals surface area contributed by atoms with Gasteiger partial charge < -0.3 is 20.3 Å². The molecular weight excluding hydrogens is 391 g/mol. The Balaban J connectivity index is 1.51. The largest absolute Gasteiger partial charge is 0.490 e. The molecule has 3 aromatic heterocycles. The Kier molecular flexibility index (Phi) is 4.49. The molecule has 0 aliphatic carbocycles. The Morgan fingerprint density at radius 1 is 1.23 bits per heavy atom. The summed E-state index contributed by atoms with van der Waals surface area (Å²) < 4.78 is 21.5. The quantitative estimate of drug-likeness (QED) is 0.458. The van der Waals surface area contributed by atoms with E-state index < -0.39 is 11.9 Å². The third-order valence-corrected chi connectivity index (χ3v) is 5.08. The molecule has 0 saturated heterocycles. The number of rotatable bonds is 5. The number of pyridine rings is 1. The monoisotopic (exact) mass is 408 g/mol. The minimum Gasteiger partial charge on any atom is -0.490 e. The van der Waals surface area contributed by atoms with Gasteiger partial charge >= 0.3 is 0 Å². The first kappa shape index (κ1) is 18.4. The van der Waals surface area contributed by atoms with Gasteiger partial charge in [0, 0.05) is 41.2 Å². The van der Waals surface area contributed by atoms with Gasteiger partial charge in [0.25, 0.3) is 0 Å². The number of hydrogen-bond donors (Lipinski definition) is 3. The molecule has 5 rings (SSSR count). The summed E-state index contributed by atoms with van der Waals surface area (Å²) in [5.41, 5.74) is 3.13. The van der Waals surface area contributed by atoms with Crippen LogP contribution in [-0.4, -0.2) is 41.4 Å². The number of fused-ring (bicyclic) bond motifs is 2. The van der Waals surface area contributed by atoms with Gasteiger partial charge in [-0.1, -0.05) is 6.07 Å². The summed E-state index contributed by atoms with van der Waals surface area (Å²) in [6.45, 7) is -0.0319. The molecule has 4 aromatic rings. The molecule has 0 amide bonds. The van der Waals surface area contributed by atoms with E-state index in [1.807, 2.05) is 6.07 Å². The zero-order chi connectivity index (χ0) is 20.7. The maximum absolute atomic E-state index is 14.5. The molecule has 0 spiro atoms. The Morgan fingerprint density at radius 3 is 3.00 bits per heavy atom. The van der Waals surface area contributed by atoms with Crippen LogP contribution in [0.4, 0.5) is 10.3 Å². The van der Waals surface area contributed by atoms with E-state index in [9.17, 15) is 14.6 Å². The van der Waals surface area contributed by atoms with E-state index in [1.54, 1.807) is 22.9 Å². The summed E-state index contributed by atoms with van der Waals surface area (Å²) in [5.74, 6) is 0.440. The smallest absolute Gasteiger partial charge is 0.210 e. The summed E-state index contributed by atoms with van der Waals surface area (Å²) in [4.78, 5) is 8.62. The van der Waals surface area contributed by atoms with Crippen molar-refractivity contribution in [1.82, 2.24) is 24.6 Å². The number of halogens is 1. The highest BCUT2D eigenvalue weighted by Crippen LogP contribution is 2.36. The highest BCUT2D eigenvalue weighted by molar-refractivity contribution is 5.78. The molecule has 4 heterocycles. The third kappa shape index (κ3) is 2.93. The summed E-state index contributed by atoms with van der Waals surface area (Å²) in [6, 6.07) is 6.42. The molecule has 152 valence electrons. The van der Waals surface area contributed by atoms with Crippen molar-refractivity contribution in [1.29, 1.82) is 0 Å².